The van der Waals surface area contributed by atoms with Gasteiger partial charge in [-0.3, -0.25) is 4.79 Å². The summed E-state index contributed by atoms with van der Waals surface area (Å²) >= 11 is 7.14. The highest BCUT2D eigenvalue weighted by Gasteiger charge is 2.17. The van der Waals surface area contributed by atoms with Crippen LogP contribution in [0.15, 0.2) is 33.9 Å². The van der Waals surface area contributed by atoms with Crippen molar-refractivity contribution in [2.45, 2.75) is 24.2 Å². The zero-order chi connectivity index (χ0) is 16.1. The second-order valence-electron chi connectivity index (χ2n) is 5.11. The molecular formula is C15H16ClN3O3S. The predicted octanol–water partition coefficient (Wildman–Crippen LogP) is 2.78. The Kier molecular flexibility index (Phi) is 5.53. The lowest BCUT2D eigenvalue weighted by molar-refractivity contribution is -0.119. The maximum Gasteiger partial charge on any atom is 0.277 e. The largest absolute Gasteiger partial charge is 0.411 e. The summed E-state index contributed by atoms with van der Waals surface area (Å²) in [6.45, 7) is 1.33. The zero-order valence-electron chi connectivity index (χ0n) is 12.3. The number of carbonyl (C=O) groups excluding carboxylic acids is 1. The van der Waals surface area contributed by atoms with Crippen molar-refractivity contribution in [3.63, 3.8) is 0 Å². The number of hydrogen-bond acceptors (Lipinski definition) is 6. The van der Waals surface area contributed by atoms with Crippen LogP contribution in [-0.2, 0) is 9.53 Å². The Labute approximate surface area is 142 Å². The number of benzene rings is 1. The second kappa shape index (κ2) is 7.81. The van der Waals surface area contributed by atoms with Gasteiger partial charge in [-0.1, -0.05) is 29.4 Å². The molecule has 1 atom stereocenters. The van der Waals surface area contributed by atoms with Crippen LogP contribution in [0.1, 0.15) is 12.8 Å². The van der Waals surface area contributed by atoms with Crippen LogP contribution < -0.4 is 5.32 Å². The number of hydrogen-bond donors (Lipinski definition) is 1. The standard InChI is InChI=1S/C15H16ClN3O3S/c16-11-4-1-3-10(7-11)14-18-19-15(22-14)23-9-13(20)17-8-12-5-2-6-21-12/h1,3-4,7,12H,2,5-6,8-9H2,(H,17,20)/t12-/m0/s1. The van der Waals surface area contributed by atoms with Gasteiger partial charge in [0, 0.05) is 23.7 Å². The molecule has 0 spiro atoms. The Balaban J connectivity index is 1.48. The van der Waals surface area contributed by atoms with E-state index in [0.717, 1.165) is 25.0 Å². The van der Waals surface area contributed by atoms with Gasteiger partial charge in [-0.05, 0) is 31.0 Å². The van der Waals surface area contributed by atoms with Crippen molar-refractivity contribution in [3.8, 4) is 11.5 Å². The second-order valence-corrected chi connectivity index (χ2v) is 6.47. The molecule has 0 aliphatic carbocycles. The first kappa shape index (κ1) is 16.3. The summed E-state index contributed by atoms with van der Waals surface area (Å²) in [5, 5.41) is 11.7. The minimum atomic E-state index is -0.0759. The monoisotopic (exact) mass is 353 g/mol. The highest BCUT2D eigenvalue weighted by molar-refractivity contribution is 7.99. The fraction of sp³-hybridized carbons (Fsp3) is 0.400. The number of nitrogens with one attached hydrogen (secondary N) is 1. The molecule has 8 heteroatoms. The van der Waals surface area contributed by atoms with Gasteiger partial charge in [0.15, 0.2) is 0 Å². The van der Waals surface area contributed by atoms with Crippen LogP contribution in [0.4, 0.5) is 0 Å². The van der Waals surface area contributed by atoms with Crippen LogP contribution in [0.25, 0.3) is 11.5 Å². The molecule has 0 bridgehead atoms. The van der Waals surface area contributed by atoms with E-state index in [0.29, 0.717) is 22.7 Å². The Morgan fingerprint density at radius 1 is 1.43 bits per heavy atom. The molecule has 23 heavy (non-hydrogen) atoms. The van der Waals surface area contributed by atoms with Gasteiger partial charge in [0.05, 0.1) is 11.9 Å². The lowest BCUT2D eigenvalue weighted by Crippen LogP contribution is -2.32. The molecule has 6 nitrogen and oxygen atoms in total. The van der Waals surface area contributed by atoms with Crippen molar-refractivity contribution in [3.05, 3.63) is 29.3 Å². The maximum absolute atomic E-state index is 11.8. The van der Waals surface area contributed by atoms with Crippen molar-refractivity contribution >= 4 is 29.3 Å². The summed E-state index contributed by atoms with van der Waals surface area (Å²) in [6, 6.07) is 7.17. The summed E-state index contributed by atoms with van der Waals surface area (Å²) in [6.07, 6.45) is 2.20. The van der Waals surface area contributed by atoms with Gasteiger partial charge in [-0.2, -0.15) is 0 Å². The number of nitrogens with zero attached hydrogens (tertiary/aromatic N) is 2. The summed E-state index contributed by atoms with van der Waals surface area (Å²) in [5.74, 6) is 0.534. The normalized spacial score (nSPS) is 17.3. The van der Waals surface area contributed by atoms with Crippen molar-refractivity contribution in [2.75, 3.05) is 18.9 Å². The first-order valence-electron chi connectivity index (χ1n) is 7.31. The van der Waals surface area contributed by atoms with E-state index in [9.17, 15) is 4.79 Å². The zero-order valence-corrected chi connectivity index (χ0v) is 13.9. The molecule has 1 aromatic heterocycles. The van der Waals surface area contributed by atoms with Gasteiger partial charge < -0.3 is 14.5 Å². The molecule has 1 aromatic carbocycles. The van der Waals surface area contributed by atoms with Crippen LogP contribution in [0, 0.1) is 0 Å². The summed E-state index contributed by atoms with van der Waals surface area (Å²) < 4.78 is 11.0. The third-order valence-corrected chi connectivity index (χ3v) is 4.41. The van der Waals surface area contributed by atoms with Gasteiger partial charge in [0.2, 0.25) is 11.8 Å². The predicted molar refractivity (Wildman–Crippen MR) is 87.5 cm³/mol. The molecule has 3 rings (SSSR count). The van der Waals surface area contributed by atoms with E-state index in [-0.39, 0.29) is 17.8 Å². The molecule has 2 heterocycles. The fourth-order valence-electron chi connectivity index (χ4n) is 2.22. The molecule has 1 amide bonds. The van der Waals surface area contributed by atoms with Crippen LogP contribution in [0.3, 0.4) is 0 Å². The van der Waals surface area contributed by atoms with E-state index < -0.39 is 0 Å². The average molecular weight is 354 g/mol. The van der Waals surface area contributed by atoms with Gasteiger partial charge in [0.1, 0.15) is 0 Å². The smallest absolute Gasteiger partial charge is 0.277 e. The quantitative estimate of drug-likeness (QED) is 0.805. The minimum Gasteiger partial charge on any atom is -0.411 e. The average Bonchev–Trinajstić information content (AvgIpc) is 3.22. The number of aromatic nitrogens is 2. The Hall–Kier alpha value is -1.57. The summed E-state index contributed by atoms with van der Waals surface area (Å²) in [4.78, 5) is 11.8. The Morgan fingerprint density at radius 2 is 2.35 bits per heavy atom. The number of ether oxygens (including phenoxy) is 1. The van der Waals surface area contributed by atoms with Crippen LogP contribution >= 0.6 is 23.4 Å². The lowest BCUT2D eigenvalue weighted by atomic mass is 10.2. The molecule has 0 unspecified atom stereocenters. The van der Waals surface area contributed by atoms with Crippen molar-refractivity contribution in [2.24, 2.45) is 0 Å². The number of thioether (sulfide) groups is 1. The molecule has 1 fully saturated rings. The number of carbonyl (C=O) groups is 1. The lowest BCUT2D eigenvalue weighted by Gasteiger charge is -2.09. The van der Waals surface area contributed by atoms with E-state index >= 15 is 0 Å². The Morgan fingerprint density at radius 3 is 3.13 bits per heavy atom. The Bertz CT molecular complexity index is 673. The topological polar surface area (TPSA) is 77.2 Å². The van der Waals surface area contributed by atoms with Gasteiger partial charge in [0.25, 0.3) is 5.22 Å². The maximum atomic E-state index is 11.8. The van der Waals surface area contributed by atoms with E-state index in [1.165, 1.54) is 11.8 Å². The molecule has 1 N–H and O–H groups in total. The van der Waals surface area contributed by atoms with Gasteiger partial charge in [-0.25, -0.2) is 0 Å². The molecule has 2 aromatic rings. The number of halogens is 1. The minimum absolute atomic E-state index is 0.0759. The third-order valence-electron chi connectivity index (χ3n) is 3.36. The van der Waals surface area contributed by atoms with Gasteiger partial charge >= 0.3 is 0 Å². The van der Waals surface area contributed by atoms with E-state index in [4.69, 9.17) is 20.8 Å². The highest BCUT2D eigenvalue weighted by Crippen LogP contribution is 2.24. The molecule has 0 saturated carbocycles. The molecule has 122 valence electrons. The number of amides is 1. The highest BCUT2D eigenvalue weighted by atomic mass is 35.5. The van der Waals surface area contributed by atoms with E-state index in [1.807, 2.05) is 12.1 Å². The number of rotatable bonds is 6. The van der Waals surface area contributed by atoms with Crippen molar-refractivity contribution < 1.29 is 13.9 Å². The van der Waals surface area contributed by atoms with Crippen LogP contribution in [-0.4, -0.2) is 41.1 Å². The van der Waals surface area contributed by atoms with Crippen LogP contribution in [0.2, 0.25) is 5.02 Å². The molecular weight excluding hydrogens is 338 g/mol. The summed E-state index contributed by atoms with van der Waals surface area (Å²) in [7, 11) is 0. The van der Waals surface area contributed by atoms with Crippen molar-refractivity contribution in [1.82, 2.24) is 15.5 Å². The molecule has 1 aliphatic rings. The van der Waals surface area contributed by atoms with E-state index in [1.54, 1.807) is 12.1 Å². The van der Waals surface area contributed by atoms with Crippen LogP contribution in [0.5, 0.6) is 0 Å². The molecule has 0 radical (unpaired) electrons. The first-order valence-corrected chi connectivity index (χ1v) is 8.67. The summed E-state index contributed by atoms with van der Waals surface area (Å²) in [5.41, 5.74) is 0.750. The first-order chi connectivity index (χ1) is 11.2. The fourth-order valence-corrected chi connectivity index (χ4v) is 3.00. The van der Waals surface area contributed by atoms with Gasteiger partial charge in [-0.15, -0.1) is 10.2 Å². The molecule has 1 aliphatic heterocycles. The van der Waals surface area contributed by atoms with Crippen molar-refractivity contribution in [1.29, 1.82) is 0 Å². The van der Waals surface area contributed by atoms with E-state index in [2.05, 4.69) is 15.5 Å². The third kappa shape index (κ3) is 4.70. The molecule has 1 saturated heterocycles. The SMILES string of the molecule is O=C(CSc1nnc(-c2cccc(Cl)c2)o1)NC[C@@H]1CCCO1.